The van der Waals surface area contributed by atoms with Gasteiger partial charge in [0.15, 0.2) is 0 Å². The highest BCUT2D eigenvalue weighted by atomic mass is 128. The van der Waals surface area contributed by atoms with Crippen molar-refractivity contribution in [3.8, 4) is 12.1 Å². The molecule has 1 N–H and O–H groups in total. The number of nitrogens with one attached hydrogen (secondary N) is 1. The number of hydrogen-bond acceptors (Lipinski definition) is 11. The largest absolute Gasteiger partial charge is 0.356 e. The van der Waals surface area contributed by atoms with Crippen LogP contribution in [0.3, 0.4) is 0 Å². The molecule has 0 radical (unpaired) electrons. The van der Waals surface area contributed by atoms with E-state index in [1.54, 1.807) is 24.3 Å². The fourth-order valence-corrected chi connectivity index (χ4v) is 7.03. The highest BCUT2D eigenvalue weighted by molar-refractivity contribution is 15.0. The molecule has 15 heteroatoms. The van der Waals surface area contributed by atoms with E-state index in [4.69, 9.17) is 18.5 Å². The van der Waals surface area contributed by atoms with E-state index in [0.29, 0.717) is 38.8 Å². The Morgan fingerprint density at radius 3 is 1.71 bits per heavy atom. The molecule has 3 aromatic rings. The average molecular weight is 1160 g/mol. The third-order valence-electron chi connectivity index (χ3n) is 9.42. The zero-order valence-electron chi connectivity index (χ0n) is 34.9. The molecule has 7 rings (SSSR count). The second-order valence-corrected chi connectivity index (χ2v) is 16.9. The molecular weight excluding hydrogens is 1100 g/mol. The zero-order chi connectivity index (χ0) is 41.6. The summed E-state index contributed by atoms with van der Waals surface area (Å²) in [5.74, 6) is 1.98. The maximum Gasteiger partial charge on any atom is 0.142 e. The second kappa shape index (κ2) is 24.6. The fourth-order valence-electron chi connectivity index (χ4n) is 6.69. The van der Waals surface area contributed by atoms with E-state index in [9.17, 15) is 0 Å². The Morgan fingerprint density at radius 1 is 0.745 bits per heavy atom. The Hall–Kier alpha value is -2.07. The van der Waals surface area contributed by atoms with Gasteiger partial charge in [0, 0.05) is 72.9 Å². The Balaban J connectivity index is 0.000000386. The van der Waals surface area contributed by atoms with Crippen LogP contribution in [0.25, 0.3) is 0 Å². The number of anilines is 2. The number of rotatable bonds is 3. The minimum atomic E-state index is 0. The molecule has 55 heavy (non-hydrogen) atoms. The van der Waals surface area contributed by atoms with Crippen LogP contribution in [0.15, 0.2) is 74.6 Å². The van der Waals surface area contributed by atoms with E-state index >= 15 is 0 Å². The Morgan fingerprint density at radius 2 is 1.27 bits per heavy atom. The summed E-state index contributed by atoms with van der Waals surface area (Å²) in [5, 5.41) is 32.1. The van der Waals surface area contributed by atoms with Crippen LogP contribution >= 0.6 is 77.1 Å². The van der Waals surface area contributed by atoms with Crippen LogP contribution in [-0.2, 0) is 0 Å². The van der Waals surface area contributed by atoms with Gasteiger partial charge in [0.05, 0.1) is 5.69 Å². The van der Waals surface area contributed by atoms with Crippen LogP contribution in [-0.4, -0.2) is 66.5 Å². The lowest BCUT2D eigenvalue weighted by Gasteiger charge is -2.38. The Bertz CT molecular complexity index is 1770. The van der Waals surface area contributed by atoms with Crippen molar-refractivity contribution in [2.75, 3.05) is 55.6 Å². The summed E-state index contributed by atoms with van der Waals surface area (Å²) in [4.78, 5) is 17.6. The first-order valence-corrected chi connectivity index (χ1v) is 25.5. The normalized spacial score (nSPS) is 18.7. The van der Waals surface area contributed by atoms with Crippen LogP contribution in [0, 0.1) is 38.9 Å². The van der Waals surface area contributed by atoms with Crippen LogP contribution < -0.4 is 15.1 Å². The molecule has 3 saturated heterocycles. The van der Waals surface area contributed by atoms with Gasteiger partial charge in [0.25, 0.3) is 0 Å². The van der Waals surface area contributed by atoms with Crippen LogP contribution in [0.5, 0.6) is 0 Å². The summed E-state index contributed by atoms with van der Waals surface area (Å²) >= 11 is 7.38. The van der Waals surface area contributed by atoms with Crippen molar-refractivity contribution >= 4 is 94.5 Å². The SMILES string of the molecule is CC1(C)CCCN(c2cccc(C#N)n2)C1.CC1(C)CCCN(c2cccc(C3=NN=NC3)n2)C1.CC1(C)CCCNC1.I.II.N#Cc1cccc(Br)n1.[3H][3H]. The van der Waals surface area contributed by atoms with Crippen LogP contribution in [0.2, 0.25) is 0 Å². The minimum absolute atomic E-state index is 0. The number of halogens is 4. The first-order valence-electron chi connectivity index (χ1n) is 19.4. The van der Waals surface area contributed by atoms with Crippen molar-refractivity contribution in [1.29, 1.82) is 10.5 Å². The summed E-state index contributed by atoms with van der Waals surface area (Å²) in [6.07, 6.45) is 7.72. The fraction of sp³-hybridized carbons (Fsp3) is 0.550. The van der Waals surface area contributed by atoms with Crippen molar-refractivity contribution in [1.82, 2.24) is 20.3 Å². The van der Waals surface area contributed by atoms with Crippen molar-refractivity contribution in [3.05, 3.63) is 76.3 Å². The first-order chi connectivity index (χ1) is 26.8. The molecule has 7 heterocycles. The monoisotopic (exact) mass is 1160 g/mol. The molecule has 11 nitrogen and oxygen atoms in total. The highest BCUT2D eigenvalue weighted by Crippen LogP contribution is 2.32. The third kappa shape index (κ3) is 17.9. The number of nitriles is 2. The maximum absolute atomic E-state index is 8.83. The van der Waals surface area contributed by atoms with Crippen LogP contribution in [0.1, 0.15) is 100 Å². The van der Waals surface area contributed by atoms with E-state index in [0.717, 1.165) is 49.2 Å². The highest BCUT2D eigenvalue weighted by Gasteiger charge is 2.28. The average Bonchev–Trinajstić information content (AvgIpc) is 3.75. The first kappa shape index (κ1) is 47.3. The molecule has 0 aromatic carbocycles. The van der Waals surface area contributed by atoms with Gasteiger partial charge in [0.2, 0.25) is 0 Å². The molecule has 0 atom stereocenters. The van der Waals surface area contributed by atoms with Gasteiger partial charge in [-0.2, -0.15) is 15.6 Å². The van der Waals surface area contributed by atoms with Crippen LogP contribution in [0.4, 0.5) is 11.6 Å². The van der Waals surface area contributed by atoms with Gasteiger partial charge < -0.3 is 15.1 Å². The minimum Gasteiger partial charge on any atom is -0.356 e. The van der Waals surface area contributed by atoms with E-state index in [2.05, 4.69) is 147 Å². The molecule has 0 unspecified atom stereocenters. The van der Waals surface area contributed by atoms with Crippen molar-refractivity contribution in [2.24, 2.45) is 31.7 Å². The quantitative estimate of drug-likeness (QED) is 0.202. The van der Waals surface area contributed by atoms with Gasteiger partial charge >= 0.3 is 0 Å². The maximum atomic E-state index is 8.83. The van der Waals surface area contributed by atoms with Gasteiger partial charge in [-0.15, -0.1) is 29.1 Å². The predicted octanol–water partition coefficient (Wildman–Crippen LogP) is 11.2. The number of piperidine rings is 3. The lowest BCUT2D eigenvalue weighted by atomic mass is 9.84. The number of aromatic nitrogens is 3. The summed E-state index contributed by atoms with van der Waals surface area (Å²) < 4.78 is 10.7. The van der Waals surface area contributed by atoms with Gasteiger partial charge in [-0.3, -0.25) is 0 Å². The molecule has 4 aliphatic heterocycles. The zero-order valence-corrected chi connectivity index (χ0v) is 41.1. The number of nitrogens with zero attached hydrogens (tertiary/aromatic N) is 10. The van der Waals surface area contributed by atoms with Crippen molar-refractivity contribution in [3.63, 3.8) is 0 Å². The number of pyridine rings is 3. The lowest BCUT2D eigenvalue weighted by Crippen LogP contribution is -2.40. The summed E-state index contributed by atoms with van der Waals surface area (Å²) in [5.41, 5.74) is 3.97. The smallest absolute Gasteiger partial charge is 0.142 e. The lowest BCUT2D eigenvalue weighted by molar-refractivity contribution is 0.265. The summed E-state index contributed by atoms with van der Waals surface area (Å²) in [6, 6.07) is 21.0. The molecule has 0 aliphatic carbocycles. The molecule has 0 bridgehead atoms. The van der Waals surface area contributed by atoms with E-state index < -0.39 is 0 Å². The standard InChI is InChI=1S/C14H19N5.C13H17N3.C7H15N.C6H3BrN2.I2.HI.H2/c1-14(2)7-4-8-19(10-14)13-6-3-5-11(16-13)12-9-15-18-17-12;1-13(2)7-4-8-16(10-13)12-6-3-5-11(9-14)15-12;1-7(2)4-3-5-8-6-7;7-6-3-1-2-5(4-8)9-6;1-2;;/h3,5-6H,4,7-10H2,1-2H3;3,5-6H,4,7-8,10H2,1-2H3;8H,3-6H2,1-2H3;1-3H;;2*1H/i;;;;;;1+2T. The Kier molecular flexibility index (Phi) is 21.2. The molecular formula is C40H57BrI3N11. The predicted molar refractivity (Wildman–Crippen MR) is 258 cm³/mol. The van der Waals surface area contributed by atoms with Gasteiger partial charge in [-0.05, 0) is 119 Å². The Labute approximate surface area is 380 Å². The van der Waals surface area contributed by atoms with Gasteiger partial charge in [0.1, 0.15) is 52.0 Å². The summed E-state index contributed by atoms with van der Waals surface area (Å²) in [7, 11) is 0. The van der Waals surface area contributed by atoms with Gasteiger partial charge in [-0.1, -0.05) is 59.7 Å². The van der Waals surface area contributed by atoms with Crippen molar-refractivity contribution < 1.29 is 2.97 Å². The molecule has 3 fully saturated rings. The molecule has 0 amide bonds. The van der Waals surface area contributed by atoms with Gasteiger partial charge in [-0.25, -0.2) is 15.0 Å². The third-order valence-corrected chi connectivity index (χ3v) is 9.86. The molecule has 300 valence electrons. The van der Waals surface area contributed by atoms with E-state index in [-0.39, 0.29) is 24.0 Å². The van der Waals surface area contributed by atoms with E-state index in [1.165, 1.54) is 51.6 Å². The molecule has 0 saturated carbocycles. The van der Waals surface area contributed by atoms with E-state index in [1.807, 2.05) is 30.3 Å². The van der Waals surface area contributed by atoms with Crippen molar-refractivity contribution in [2.45, 2.75) is 80.1 Å². The molecule has 3 aromatic heterocycles. The second-order valence-electron chi connectivity index (χ2n) is 16.1. The molecule has 4 aliphatic rings. The molecule has 0 spiro atoms. The number of hydrogen-bond donors (Lipinski definition) is 1. The topological polar surface area (TPSA) is 142 Å². The summed E-state index contributed by atoms with van der Waals surface area (Å²) in [6.45, 7) is 21.0.